The predicted octanol–water partition coefficient (Wildman–Crippen LogP) is 3.39. The van der Waals surface area contributed by atoms with Crippen LogP contribution in [0.25, 0.3) is 0 Å². The average Bonchev–Trinajstić information content (AvgIpc) is 2.75. The van der Waals surface area contributed by atoms with Crippen LogP contribution in [0.2, 0.25) is 0 Å². The van der Waals surface area contributed by atoms with Gasteiger partial charge in [-0.2, -0.15) is 0 Å². The first kappa shape index (κ1) is 24.5. The maximum Gasteiger partial charge on any atom is 0.243 e. The van der Waals surface area contributed by atoms with Crippen molar-refractivity contribution < 1.29 is 22.7 Å². The fourth-order valence-electron chi connectivity index (χ4n) is 3.26. The van der Waals surface area contributed by atoms with Gasteiger partial charge in [0, 0.05) is 12.6 Å². The number of benzene rings is 2. The van der Waals surface area contributed by atoms with Gasteiger partial charge in [-0.1, -0.05) is 31.2 Å². The molecule has 0 bridgehead atoms. The average molecular weight is 449 g/mol. The number of carbonyl (C=O) groups is 1. The molecule has 170 valence electrons. The Morgan fingerprint density at radius 3 is 2.58 bits per heavy atom. The molecule has 0 saturated heterocycles. The minimum absolute atomic E-state index is 0.358. The molecule has 0 aliphatic heterocycles. The normalized spacial score (nSPS) is 12.1. The van der Waals surface area contributed by atoms with Crippen molar-refractivity contribution in [1.82, 2.24) is 5.32 Å². The second-order valence-electron chi connectivity index (χ2n) is 7.29. The van der Waals surface area contributed by atoms with E-state index in [1.165, 1.54) is 7.11 Å². The molecule has 0 aliphatic rings. The third-order valence-electron chi connectivity index (χ3n) is 4.75. The molecule has 8 heteroatoms. The van der Waals surface area contributed by atoms with Crippen LogP contribution >= 0.6 is 0 Å². The molecule has 7 nitrogen and oxygen atoms in total. The van der Waals surface area contributed by atoms with Crippen LogP contribution in [-0.4, -0.2) is 46.9 Å². The maximum absolute atomic E-state index is 12.7. The number of para-hydroxylation sites is 1. The van der Waals surface area contributed by atoms with Crippen LogP contribution in [0.5, 0.6) is 11.5 Å². The van der Waals surface area contributed by atoms with Crippen LogP contribution in [0, 0.1) is 0 Å². The number of hydrogen-bond acceptors (Lipinski definition) is 5. The van der Waals surface area contributed by atoms with E-state index < -0.39 is 16.1 Å². The molecule has 0 heterocycles. The van der Waals surface area contributed by atoms with Crippen molar-refractivity contribution in [3.8, 4) is 11.5 Å². The lowest BCUT2D eigenvalue weighted by Gasteiger charge is -2.28. The molecule has 0 saturated carbocycles. The third kappa shape index (κ3) is 7.17. The summed E-state index contributed by atoms with van der Waals surface area (Å²) < 4.78 is 36.9. The van der Waals surface area contributed by atoms with Gasteiger partial charge in [0.2, 0.25) is 15.9 Å². The molecule has 0 unspecified atom stereocenters. The minimum Gasteiger partial charge on any atom is -0.497 e. The Labute approximate surface area is 185 Å². The zero-order valence-electron chi connectivity index (χ0n) is 18.6. The summed E-state index contributed by atoms with van der Waals surface area (Å²) in [6.07, 6.45) is 3.49. The molecule has 0 radical (unpaired) electrons. The first-order valence-electron chi connectivity index (χ1n) is 10.4. The molecular weight excluding hydrogens is 416 g/mol. The predicted molar refractivity (Wildman–Crippen MR) is 123 cm³/mol. The first-order valence-corrected chi connectivity index (χ1v) is 12.2. The lowest BCUT2D eigenvalue weighted by atomic mass is 10.1. The summed E-state index contributed by atoms with van der Waals surface area (Å²) in [7, 11) is -2.17. The number of aryl methyl sites for hydroxylation is 1. The topological polar surface area (TPSA) is 84.9 Å². The fourth-order valence-corrected chi connectivity index (χ4v) is 4.42. The Bertz CT molecular complexity index is 962. The van der Waals surface area contributed by atoms with Crippen molar-refractivity contribution in [2.24, 2.45) is 0 Å². The van der Waals surface area contributed by atoms with Gasteiger partial charge in [0.1, 0.15) is 17.5 Å². The number of anilines is 1. The number of hydrogen-bond donors (Lipinski definition) is 1. The fraction of sp³-hybridized carbons (Fsp3) is 0.435. The zero-order chi connectivity index (χ0) is 22.9. The highest BCUT2D eigenvalue weighted by atomic mass is 32.2. The number of rotatable bonds is 12. The minimum atomic E-state index is -3.67. The van der Waals surface area contributed by atoms with Gasteiger partial charge in [0.15, 0.2) is 0 Å². The second-order valence-corrected chi connectivity index (χ2v) is 9.15. The van der Waals surface area contributed by atoms with Crippen molar-refractivity contribution >= 4 is 21.6 Å². The smallest absolute Gasteiger partial charge is 0.243 e. The van der Waals surface area contributed by atoms with E-state index in [0.29, 0.717) is 31.0 Å². The van der Waals surface area contributed by atoms with E-state index in [4.69, 9.17) is 9.47 Å². The molecule has 31 heavy (non-hydrogen) atoms. The van der Waals surface area contributed by atoms with Gasteiger partial charge in [-0.3, -0.25) is 9.10 Å². The van der Waals surface area contributed by atoms with Crippen LogP contribution < -0.4 is 19.1 Å². The summed E-state index contributed by atoms with van der Waals surface area (Å²) in [5.41, 5.74) is 1.47. The molecule has 0 fully saturated rings. The third-order valence-corrected chi connectivity index (χ3v) is 5.99. The van der Waals surface area contributed by atoms with Crippen molar-refractivity contribution in [3.05, 3.63) is 54.1 Å². The number of sulfonamides is 1. The molecular formula is C23H32N2O5S. The molecule has 2 aromatic carbocycles. The van der Waals surface area contributed by atoms with E-state index in [-0.39, 0.29) is 5.91 Å². The Hall–Kier alpha value is -2.74. The molecule has 1 N–H and O–H groups in total. The van der Waals surface area contributed by atoms with Crippen LogP contribution in [0.1, 0.15) is 32.3 Å². The SMILES string of the molecule is CCCOc1ccccc1CCCNC(=O)[C@@H](C)N(c1cccc(OC)c1)S(C)(=O)=O. The molecule has 0 aromatic heterocycles. The van der Waals surface area contributed by atoms with Gasteiger partial charge in [-0.25, -0.2) is 8.42 Å². The summed E-state index contributed by atoms with van der Waals surface area (Å²) in [5, 5.41) is 2.85. The van der Waals surface area contributed by atoms with Crippen LogP contribution in [0.3, 0.4) is 0 Å². The van der Waals surface area contributed by atoms with E-state index in [1.54, 1.807) is 31.2 Å². The van der Waals surface area contributed by atoms with Gasteiger partial charge in [-0.15, -0.1) is 0 Å². The Morgan fingerprint density at radius 2 is 1.90 bits per heavy atom. The summed E-state index contributed by atoms with van der Waals surface area (Å²) >= 11 is 0. The van der Waals surface area contributed by atoms with E-state index in [1.807, 2.05) is 24.3 Å². The number of nitrogens with one attached hydrogen (secondary N) is 1. The van der Waals surface area contributed by atoms with Crippen LogP contribution in [0.15, 0.2) is 48.5 Å². The second kappa shape index (κ2) is 11.6. The van der Waals surface area contributed by atoms with Gasteiger partial charge < -0.3 is 14.8 Å². The van der Waals surface area contributed by atoms with Crippen molar-refractivity contribution in [3.63, 3.8) is 0 Å². The van der Waals surface area contributed by atoms with Crippen LogP contribution in [0.4, 0.5) is 5.69 Å². The summed E-state index contributed by atoms with van der Waals surface area (Å²) in [6.45, 7) is 4.73. The van der Waals surface area contributed by atoms with E-state index in [2.05, 4.69) is 12.2 Å². The van der Waals surface area contributed by atoms with E-state index in [0.717, 1.165) is 34.7 Å². The van der Waals surface area contributed by atoms with Gasteiger partial charge in [-0.05, 0) is 49.9 Å². The summed E-state index contributed by atoms with van der Waals surface area (Å²) in [6, 6.07) is 13.6. The highest BCUT2D eigenvalue weighted by Crippen LogP contribution is 2.25. The van der Waals surface area contributed by atoms with Crippen molar-refractivity contribution in [2.75, 3.05) is 30.8 Å². The van der Waals surface area contributed by atoms with Crippen molar-refractivity contribution in [2.45, 2.75) is 39.2 Å². The number of nitrogens with zero attached hydrogens (tertiary/aromatic N) is 1. The van der Waals surface area contributed by atoms with Crippen LogP contribution in [-0.2, 0) is 21.2 Å². The maximum atomic E-state index is 12.7. The number of ether oxygens (including phenoxy) is 2. The van der Waals surface area contributed by atoms with E-state index >= 15 is 0 Å². The lowest BCUT2D eigenvalue weighted by Crippen LogP contribution is -2.48. The number of amides is 1. The highest BCUT2D eigenvalue weighted by molar-refractivity contribution is 7.92. The summed E-state index contributed by atoms with van der Waals surface area (Å²) in [5.74, 6) is 1.02. The largest absolute Gasteiger partial charge is 0.497 e. The number of methoxy groups -OCH3 is 1. The molecule has 2 aromatic rings. The zero-order valence-corrected chi connectivity index (χ0v) is 19.4. The van der Waals surface area contributed by atoms with Gasteiger partial charge in [0.05, 0.1) is 25.7 Å². The number of carbonyl (C=O) groups excluding carboxylic acids is 1. The standard InChI is InChI=1S/C23H32N2O5S/c1-5-16-30-22-14-7-6-10-19(22)11-9-15-24-23(26)18(2)25(31(4,27)28)20-12-8-13-21(17-20)29-3/h6-8,10,12-14,17-18H,5,9,11,15-16H2,1-4H3,(H,24,26)/t18-/m1/s1. The molecule has 2 rings (SSSR count). The Balaban J connectivity index is 1.99. The highest BCUT2D eigenvalue weighted by Gasteiger charge is 2.29. The lowest BCUT2D eigenvalue weighted by molar-refractivity contribution is -0.121. The molecule has 1 atom stereocenters. The monoisotopic (exact) mass is 448 g/mol. The van der Waals surface area contributed by atoms with Gasteiger partial charge in [0.25, 0.3) is 0 Å². The molecule has 0 spiro atoms. The molecule has 1 amide bonds. The molecule has 0 aliphatic carbocycles. The summed E-state index contributed by atoms with van der Waals surface area (Å²) in [4.78, 5) is 12.7. The first-order chi connectivity index (χ1) is 14.8. The quantitative estimate of drug-likeness (QED) is 0.503. The van der Waals surface area contributed by atoms with Gasteiger partial charge >= 0.3 is 0 Å². The van der Waals surface area contributed by atoms with Crippen molar-refractivity contribution in [1.29, 1.82) is 0 Å². The Kier molecular flexibility index (Phi) is 9.18. The van der Waals surface area contributed by atoms with E-state index in [9.17, 15) is 13.2 Å². The Morgan fingerprint density at radius 1 is 1.16 bits per heavy atom.